The minimum Gasteiger partial charge on any atom is -0.310 e. The lowest BCUT2D eigenvalue weighted by molar-refractivity contribution is 1.29. The summed E-state index contributed by atoms with van der Waals surface area (Å²) < 4.78 is 0. The summed E-state index contributed by atoms with van der Waals surface area (Å²) in [5, 5.41) is 12.8. The smallest absolute Gasteiger partial charge is 0.0468 e. The van der Waals surface area contributed by atoms with Crippen LogP contribution >= 0.6 is 0 Å². The monoisotopic (exact) mass is 645 g/mol. The van der Waals surface area contributed by atoms with Crippen molar-refractivity contribution in [2.45, 2.75) is 0 Å². The van der Waals surface area contributed by atoms with Crippen LogP contribution in [0.5, 0.6) is 0 Å². The molecular weight excluding hydrogens is 615 g/mol. The Balaban J connectivity index is 1.10. The topological polar surface area (TPSA) is 3.24 Å². The lowest BCUT2D eigenvalue weighted by Crippen LogP contribution is -2.10. The predicted molar refractivity (Wildman–Crippen MR) is 219 cm³/mol. The van der Waals surface area contributed by atoms with E-state index >= 15 is 0 Å². The van der Waals surface area contributed by atoms with E-state index in [1.54, 1.807) is 0 Å². The average molecular weight is 646 g/mol. The summed E-state index contributed by atoms with van der Waals surface area (Å²) in [6.45, 7) is 0. The Bertz CT molecular complexity index is 2980. The Labute approximate surface area is 296 Å². The molecular formula is C50H31N. The van der Waals surface area contributed by atoms with Crippen molar-refractivity contribution >= 4 is 70.9 Å². The molecule has 11 rings (SSSR count). The van der Waals surface area contributed by atoms with E-state index < -0.39 is 0 Å². The second kappa shape index (κ2) is 10.9. The van der Waals surface area contributed by atoms with Gasteiger partial charge in [0, 0.05) is 17.1 Å². The van der Waals surface area contributed by atoms with Crippen molar-refractivity contribution in [3.8, 4) is 33.4 Å². The van der Waals surface area contributed by atoms with Crippen LogP contribution in [0.1, 0.15) is 0 Å². The first-order valence-corrected chi connectivity index (χ1v) is 17.7. The van der Waals surface area contributed by atoms with Gasteiger partial charge in [-0.2, -0.15) is 0 Å². The van der Waals surface area contributed by atoms with Gasteiger partial charge < -0.3 is 4.90 Å². The van der Waals surface area contributed by atoms with Crippen LogP contribution < -0.4 is 4.90 Å². The van der Waals surface area contributed by atoms with Gasteiger partial charge in [-0.25, -0.2) is 0 Å². The molecule has 0 amide bonds. The number of fused-ring (bicyclic) bond motifs is 12. The minimum atomic E-state index is 1.12. The number of hydrogen-bond donors (Lipinski definition) is 0. The third-order valence-electron chi connectivity index (χ3n) is 10.9. The number of nitrogens with zero attached hydrogens (tertiary/aromatic N) is 1. The molecule has 0 radical (unpaired) electrons. The highest BCUT2D eigenvalue weighted by atomic mass is 15.1. The van der Waals surface area contributed by atoms with Crippen molar-refractivity contribution in [2.24, 2.45) is 0 Å². The summed E-state index contributed by atoms with van der Waals surface area (Å²) in [7, 11) is 0. The Morgan fingerprint density at radius 3 is 1.25 bits per heavy atom. The van der Waals surface area contributed by atoms with Gasteiger partial charge in [-0.05, 0) is 148 Å². The summed E-state index contributed by atoms with van der Waals surface area (Å²) in [4.78, 5) is 2.42. The fourth-order valence-electron chi connectivity index (χ4n) is 8.41. The maximum absolute atomic E-state index is 2.42. The summed E-state index contributed by atoms with van der Waals surface area (Å²) in [6, 6.07) is 69.3. The molecule has 1 heteroatoms. The molecule has 0 heterocycles. The van der Waals surface area contributed by atoms with E-state index in [1.165, 1.54) is 87.2 Å². The zero-order valence-electron chi connectivity index (χ0n) is 27.8. The Hall–Kier alpha value is -6.70. The Morgan fingerprint density at radius 2 is 0.647 bits per heavy atom. The highest BCUT2D eigenvalue weighted by molar-refractivity contribution is 6.26. The van der Waals surface area contributed by atoms with Crippen molar-refractivity contribution in [2.75, 3.05) is 4.90 Å². The molecule has 1 nitrogen and oxygen atoms in total. The van der Waals surface area contributed by atoms with Crippen LogP contribution in [0.3, 0.4) is 0 Å². The molecule has 0 N–H and O–H groups in total. The number of benzene rings is 10. The molecule has 1 aliphatic rings. The molecule has 0 atom stereocenters. The first kappa shape index (κ1) is 28.2. The van der Waals surface area contributed by atoms with Crippen LogP contribution in [0.25, 0.3) is 87.2 Å². The van der Waals surface area contributed by atoms with Gasteiger partial charge >= 0.3 is 0 Å². The van der Waals surface area contributed by atoms with E-state index in [1.807, 2.05) is 0 Å². The number of rotatable bonds is 4. The Kier molecular flexibility index (Phi) is 6.02. The largest absolute Gasteiger partial charge is 0.310 e. The molecule has 0 saturated heterocycles. The summed E-state index contributed by atoms with van der Waals surface area (Å²) in [6.07, 6.45) is 0. The average Bonchev–Trinajstić information content (AvgIpc) is 3.20. The van der Waals surface area contributed by atoms with E-state index in [2.05, 4.69) is 193 Å². The number of hydrogen-bond acceptors (Lipinski definition) is 1. The van der Waals surface area contributed by atoms with Gasteiger partial charge in [0.15, 0.2) is 0 Å². The molecule has 0 bridgehead atoms. The van der Waals surface area contributed by atoms with Crippen LogP contribution in [0.4, 0.5) is 17.1 Å². The van der Waals surface area contributed by atoms with Gasteiger partial charge in [0.1, 0.15) is 0 Å². The third kappa shape index (κ3) is 4.35. The zero-order chi connectivity index (χ0) is 33.5. The standard InChI is InChI=1S/C50H31N/c1-2-10-32(11-3-1)33-18-21-38(22-19-33)51(40-24-25-45-43-16-7-6-14-41(43)42-15-8-9-17-44(42)50(45)31-40)39-23-20-36-29-48-46-27-34-12-4-5-13-35(34)28-47(46)49(48)30-37(36)26-39/h1-31H. The van der Waals surface area contributed by atoms with Crippen LogP contribution in [-0.4, -0.2) is 0 Å². The van der Waals surface area contributed by atoms with Crippen LogP contribution in [-0.2, 0) is 0 Å². The van der Waals surface area contributed by atoms with E-state index in [9.17, 15) is 0 Å². The quantitative estimate of drug-likeness (QED) is 0.172. The third-order valence-corrected chi connectivity index (χ3v) is 10.9. The summed E-state index contributed by atoms with van der Waals surface area (Å²) in [5.74, 6) is 0. The van der Waals surface area contributed by atoms with E-state index in [-0.39, 0.29) is 0 Å². The van der Waals surface area contributed by atoms with Gasteiger partial charge in [0.2, 0.25) is 0 Å². The Morgan fingerprint density at radius 1 is 0.235 bits per heavy atom. The lowest BCUT2D eigenvalue weighted by atomic mass is 9.78. The molecule has 0 aromatic heterocycles. The predicted octanol–water partition coefficient (Wildman–Crippen LogP) is 14.2. The fraction of sp³-hybridized carbons (Fsp3) is 0. The van der Waals surface area contributed by atoms with Gasteiger partial charge in [-0.3, -0.25) is 0 Å². The molecule has 10 aromatic rings. The maximum atomic E-state index is 2.42. The first-order valence-electron chi connectivity index (χ1n) is 17.7. The molecule has 10 aromatic carbocycles. The maximum Gasteiger partial charge on any atom is 0.0468 e. The van der Waals surface area contributed by atoms with Crippen LogP contribution in [0, 0.1) is 0 Å². The molecule has 0 aliphatic heterocycles. The second-order valence-corrected chi connectivity index (χ2v) is 13.7. The van der Waals surface area contributed by atoms with Crippen LogP contribution in [0.15, 0.2) is 188 Å². The normalized spacial score (nSPS) is 11.9. The van der Waals surface area contributed by atoms with Gasteiger partial charge in [-0.1, -0.05) is 127 Å². The van der Waals surface area contributed by atoms with Crippen LogP contribution in [0.2, 0.25) is 0 Å². The minimum absolute atomic E-state index is 1.12. The van der Waals surface area contributed by atoms with E-state index in [4.69, 9.17) is 0 Å². The van der Waals surface area contributed by atoms with Crippen molar-refractivity contribution in [3.05, 3.63) is 188 Å². The zero-order valence-corrected chi connectivity index (χ0v) is 27.8. The van der Waals surface area contributed by atoms with Crippen molar-refractivity contribution < 1.29 is 0 Å². The van der Waals surface area contributed by atoms with Gasteiger partial charge in [-0.15, -0.1) is 0 Å². The van der Waals surface area contributed by atoms with Gasteiger partial charge in [0.25, 0.3) is 0 Å². The van der Waals surface area contributed by atoms with Crippen molar-refractivity contribution in [1.82, 2.24) is 0 Å². The van der Waals surface area contributed by atoms with E-state index in [0.29, 0.717) is 0 Å². The molecule has 51 heavy (non-hydrogen) atoms. The number of anilines is 3. The molecule has 0 fully saturated rings. The fourth-order valence-corrected chi connectivity index (χ4v) is 8.41. The lowest BCUT2D eigenvalue weighted by Gasteiger charge is -2.28. The summed E-state index contributed by atoms with van der Waals surface area (Å²) in [5.41, 5.74) is 11.2. The molecule has 236 valence electrons. The molecule has 0 spiro atoms. The second-order valence-electron chi connectivity index (χ2n) is 13.7. The summed E-state index contributed by atoms with van der Waals surface area (Å²) >= 11 is 0. The highest BCUT2D eigenvalue weighted by Crippen LogP contribution is 2.51. The first-order chi connectivity index (χ1) is 25.3. The highest BCUT2D eigenvalue weighted by Gasteiger charge is 2.24. The van der Waals surface area contributed by atoms with Crippen molar-refractivity contribution in [1.29, 1.82) is 0 Å². The molecule has 0 unspecified atom stereocenters. The van der Waals surface area contributed by atoms with Gasteiger partial charge in [0.05, 0.1) is 0 Å². The SMILES string of the molecule is c1ccc(-c2ccc(N(c3ccc4cc5c(cc4c3)-c3cc4ccccc4cc3-5)c3ccc4c5ccccc5c5ccccc5c4c3)cc2)cc1. The van der Waals surface area contributed by atoms with Crippen molar-refractivity contribution in [3.63, 3.8) is 0 Å². The van der Waals surface area contributed by atoms with E-state index in [0.717, 1.165) is 17.1 Å². The molecule has 1 aliphatic carbocycles. The molecule has 0 saturated carbocycles.